The van der Waals surface area contributed by atoms with Crippen molar-refractivity contribution in [1.82, 2.24) is 13.9 Å². The summed E-state index contributed by atoms with van der Waals surface area (Å²) in [4.78, 5) is 13.0. The highest BCUT2D eigenvalue weighted by molar-refractivity contribution is 7.87. The molecule has 0 saturated carbocycles. The molecule has 2 saturated heterocycles. The van der Waals surface area contributed by atoms with E-state index in [2.05, 4.69) is 9.62 Å². The first-order chi connectivity index (χ1) is 9.38. The Morgan fingerprint density at radius 3 is 2.40 bits per heavy atom. The molecule has 1 unspecified atom stereocenters. The highest BCUT2D eigenvalue weighted by atomic mass is 32.2. The smallest absolute Gasteiger partial charge is 0.306 e. The van der Waals surface area contributed by atoms with E-state index in [4.69, 9.17) is 5.11 Å². The normalized spacial score (nSPS) is 26.9. The van der Waals surface area contributed by atoms with Crippen molar-refractivity contribution in [3.05, 3.63) is 0 Å². The van der Waals surface area contributed by atoms with Crippen molar-refractivity contribution in [2.24, 2.45) is 11.8 Å². The molecule has 20 heavy (non-hydrogen) atoms. The Morgan fingerprint density at radius 1 is 1.25 bits per heavy atom. The molecule has 7 nitrogen and oxygen atoms in total. The second-order valence-electron chi connectivity index (χ2n) is 5.78. The predicted molar refractivity (Wildman–Crippen MR) is 74.5 cm³/mol. The summed E-state index contributed by atoms with van der Waals surface area (Å²) in [5.41, 5.74) is 0. The molecule has 0 bridgehead atoms. The Labute approximate surface area is 120 Å². The fraction of sp³-hybridized carbons (Fsp3) is 0.917. The van der Waals surface area contributed by atoms with Crippen LogP contribution in [0.25, 0.3) is 0 Å². The Balaban J connectivity index is 1.80. The molecule has 0 spiro atoms. The summed E-state index contributed by atoms with van der Waals surface area (Å²) in [6, 6.07) is 0. The van der Waals surface area contributed by atoms with E-state index < -0.39 is 22.1 Å². The maximum absolute atomic E-state index is 12.2. The van der Waals surface area contributed by atoms with E-state index in [9.17, 15) is 13.2 Å². The lowest BCUT2D eigenvalue weighted by atomic mass is 9.99. The Hall–Kier alpha value is -0.700. The molecule has 2 fully saturated rings. The number of carbonyl (C=O) groups is 1. The lowest BCUT2D eigenvalue weighted by Crippen LogP contribution is -2.47. The maximum Gasteiger partial charge on any atom is 0.306 e. The third kappa shape index (κ3) is 3.91. The largest absolute Gasteiger partial charge is 0.481 e. The first-order valence-corrected chi connectivity index (χ1v) is 8.48. The van der Waals surface area contributed by atoms with Gasteiger partial charge in [0.05, 0.1) is 5.92 Å². The van der Waals surface area contributed by atoms with Crippen LogP contribution in [-0.2, 0) is 15.0 Å². The number of hydrogen-bond acceptors (Lipinski definition) is 4. The van der Waals surface area contributed by atoms with Gasteiger partial charge >= 0.3 is 5.97 Å². The van der Waals surface area contributed by atoms with Crippen LogP contribution in [-0.4, -0.2) is 68.5 Å². The van der Waals surface area contributed by atoms with Gasteiger partial charge in [-0.15, -0.1) is 0 Å². The summed E-state index contributed by atoms with van der Waals surface area (Å²) in [6.07, 6.45) is 1.80. The lowest BCUT2D eigenvalue weighted by Gasteiger charge is -2.29. The molecule has 1 atom stereocenters. The van der Waals surface area contributed by atoms with Gasteiger partial charge in [0.15, 0.2) is 0 Å². The quantitative estimate of drug-likeness (QED) is 0.719. The van der Waals surface area contributed by atoms with Gasteiger partial charge in [-0.1, -0.05) is 0 Å². The lowest BCUT2D eigenvalue weighted by molar-refractivity contribution is -0.142. The van der Waals surface area contributed by atoms with Crippen molar-refractivity contribution in [3.63, 3.8) is 0 Å². The Kier molecular flexibility index (Phi) is 5.00. The summed E-state index contributed by atoms with van der Waals surface area (Å²) in [6.45, 7) is 2.97. The van der Waals surface area contributed by atoms with Crippen molar-refractivity contribution in [1.29, 1.82) is 0 Å². The predicted octanol–water partition coefficient (Wildman–Crippen LogP) is -0.431. The van der Waals surface area contributed by atoms with Gasteiger partial charge in [-0.25, -0.2) is 4.72 Å². The SMILES string of the molecule is CN1CCC(CNS(=O)(=O)N2CCC(C(=O)O)CC2)C1. The van der Waals surface area contributed by atoms with Crippen LogP contribution in [0.15, 0.2) is 0 Å². The van der Waals surface area contributed by atoms with Gasteiger partial charge in [-0.3, -0.25) is 4.79 Å². The third-order valence-corrected chi connectivity index (χ3v) is 5.76. The van der Waals surface area contributed by atoms with Crippen LogP contribution < -0.4 is 4.72 Å². The van der Waals surface area contributed by atoms with Crippen molar-refractivity contribution >= 4 is 16.2 Å². The molecule has 0 aliphatic carbocycles. The number of carboxylic acid groups (broad SMARTS) is 1. The minimum absolute atomic E-state index is 0.289. The molecule has 2 heterocycles. The third-order valence-electron chi connectivity index (χ3n) is 4.19. The van der Waals surface area contributed by atoms with Crippen LogP contribution in [0.4, 0.5) is 0 Å². The number of rotatable bonds is 5. The van der Waals surface area contributed by atoms with Crippen LogP contribution in [0.3, 0.4) is 0 Å². The van der Waals surface area contributed by atoms with Gasteiger partial charge in [-0.05, 0) is 38.8 Å². The van der Waals surface area contributed by atoms with E-state index in [0.717, 1.165) is 19.5 Å². The molecule has 0 aromatic rings. The zero-order valence-corrected chi connectivity index (χ0v) is 12.6. The number of carboxylic acids is 1. The molecule has 2 N–H and O–H groups in total. The second-order valence-corrected chi connectivity index (χ2v) is 7.54. The molecule has 2 aliphatic rings. The number of hydrogen-bond donors (Lipinski definition) is 2. The van der Waals surface area contributed by atoms with Crippen LogP contribution in [0.1, 0.15) is 19.3 Å². The molecule has 8 heteroatoms. The molecule has 0 radical (unpaired) electrons. The number of piperidine rings is 1. The number of nitrogens with zero attached hydrogens (tertiary/aromatic N) is 2. The molecule has 2 rings (SSSR count). The molecule has 2 aliphatic heterocycles. The van der Waals surface area contributed by atoms with E-state index >= 15 is 0 Å². The van der Waals surface area contributed by atoms with Crippen LogP contribution in [0, 0.1) is 11.8 Å². The second kappa shape index (κ2) is 6.38. The van der Waals surface area contributed by atoms with Crippen LogP contribution in [0.5, 0.6) is 0 Å². The fourth-order valence-electron chi connectivity index (χ4n) is 2.85. The zero-order chi connectivity index (χ0) is 14.8. The van der Waals surface area contributed by atoms with Gasteiger partial charge in [-0.2, -0.15) is 12.7 Å². The number of likely N-dealkylation sites (tertiary alicyclic amines) is 1. The molecular formula is C12H23N3O4S. The molecule has 0 aromatic heterocycles. The van der Waals surface area contributed by atoms with E-state index in [0.29, 0.717) is 25.3 Å². The van der Waals surface area contributed by atoms with Crippen LogP contribution >= 0.6 is 0 Å². The van der Waals surface area contributed by atoms with Crippen molar-refractivity contribution in [2.45, 2.75) is 19.3 Å². The standard InChI is InChI=1S/C12H23N3O4S/c1-14-5-2-10(9-14)8-13-20(18,19)15-6-3-11(4-7-15)12(16)17/h10-11,13H,2-9H2,1H3,(H,16,17). The maximum atomic E-state index is 12.2. The van der Waals surface area contributed by atoms with Crippen molar-refractivity contribution in [2.75, 3.05) is 39.8 Å². The van der Waals surface area contributed by atoms with Gasteiger partial charge in [0.2, 0.25) is 0 Å². The van der Waals surface area contributed by atoms with Crippen LogP contribution in [0.2, 0.25) is 0 Å². The average Bonchev–Trinajstić information content (AvgIpc) is 2.82. The van der Waals surface area contributed by atoms with Gasteiger partial charge < -0.3 is 10.0 Å². The van der Waals surface area contributed by atoms with E-state index in [1.165, 1.54) is 4.31 Å². The first-order valence-electron chi connectivity index (χ1n) is 7.04. The molecule has 116 valence electrons. The zero-order valence-electron chi connectivity index (χ0n) is 11.8. The summed E-state index contributed by atoms with van der Waals surface area (Å²) in [5.74, 6) is -0.875. The summed E-state index contributed by atoms with van der Waals surface area (Å²) >= 11 is 0. The minimum Gasteiger partial charge on any atom is -0.481 e. The highest BCUT2D eigenvalue weighted by Gasteiger charge is 2.31. The van der Waals surface area contributed by atoms with Gasteiger partial charge in [0.1, 0.15) is 0 Å². The highest BCUT2D eigenvalue weighted by Crippen LogP contribution is 2.19. The minimum atomic E-state index is -3.47. The Morgan fingerprint density at radius 2 is 1.90 bits per heavy atom. The first kappa shape index (κ1) is 15.7. The number of nitrogens with one attached hydrogen (secondary N) is 1. The van der Waals surface area contributed by atoms with E-state index in [1.54, 1.807) is 0 Å². The van der Waals surface area contributed by atoms with E-state index in [-0.39, 0.29) is 13.1 Å². The monoisotopic (exact) mass is 305 g/mol. The summed E-state index contributed by atoms with van der Waals surface area (Å²) in [5, 5.41) is 8.91. The molecule has 0 amide bonds. The van der Waals surface area contributed by atoms with Gasteiger partial charge in [0.25, 0.3) is 10.2 Å². The summed E-state index contributed by atoms with van der Waals surface area (Å²) in [7, 11) is -1.43. The van der Waals surface area contributed by atoms with E-state index in [1.807, 2.05) is 7.05 Å². The summed E-state index contributed by atoms with van der Waals surface area (Å²) < 4.78 is 28.3. The van der Waals surface area contributed by atoms with Gasteiger partial charge in [0, 0.05) is 26.2 Å². The Bertz CT molecular complexity index is 446. The van der Waals surface area contributed by atoms with Crippen molar-refractivity contribution in [3.8, 4) is 0 Å². The fourth-order valence-corrected chi connectivity index (χ4v) is 4.17. The number of aliphatic carboxylic acids is 1. The topological polar surface area (TPSA) is 90.0 Å². The average molecular weight is 305 g/mol. The molecule has 0 aromatic carbocycles. The van der Waals surface area contributed by atoms with Crippen molar-refractivity contribution < 1.29 is 18.3 Å². The molecular weight excluding hydrogens is 282 g/mol.